The van der Waals surface area contributed by atoms with Crippen LogP contribution in [-0.2, 0) is 0 Å². The summed E-state index contributed by atoms with van der Waals surface area (Å²) in [6.07, 6.45) is 1.40. The molecule has 0 bridgehead atoms. The number of ether oxygens (including phenoxy) is 1. The van der Waals surface area contributed by atoms with Crippen LogP contribution in [0, 0.1) is 10.1 Å². The lowest BCUT2D eigenvalue weighted by Crippen LogP contribution is -2.18. The van der Waals surface area contributed by atoms with E-state index < -0.39 is 10.8 Å². The smallest absolute Gasteiger partial charge is 0.289 e. The van der Waals surface area contributed by atoms with Crippen LogP contribution >= 0.6 is 0 Å². The number of hydrogen-bond donors (Lipinski definition) is 2. The van der Waals surface area contributed by atoms with Gasteiger partial charge in [0.05, 0.1) is 29.5 Å². The number of fused-ring (bicyclic) bond motifs is 1. The third-order valence-electron chi connectivity index (χ3n) is 4.67. The molecule has 0 aliphatic rings. The Morgan fingerprint density at radius 1 is 1.16 bits per heavy atom. The lowest BCUT2D eigenvalue weighted by Gasteiger charge is -2.09. The van der Waals surface area contributed by atoms with Crippen LogP contribution in [0.1, 0.15) is 16.1 Å². The molecular weight excluding hydrogens is 398 g/mol. The molecule has 0 fully saturated rings. The molecule has 3 aromatic carbocycles. The van der Waals surface area contributed by atoms with Gasteiger partial charge in [-0.3, -0.25) is 20.0 Å². The lowest BCUT2D eigenvalue weighted by molar-refractivity contribution is -0.384. The fraction of sp³-hybridized carbons (Fsp3) is 0.0455. The highest BCUT2D eigenvalue weighted by Gasteiger charge is 2.16. The minimum atomic E-state index is -0.483. The molecule has 31 heavy (non-hydrogen) atoms. The van der Waals surface area contributed by atoms with Crippen LogP contribution < -0.4 is 10.2 Å². The maximum absolute atomic E-state index is 12.4. The summed E-state index contributed by atoms with van der Waals surface area (Å²) in [5, 5.41) is 23.6. The van der Waals surface area contributed by atoms with Gasteiger partial charge in [0.15, 0.2) is 0 Å². The summed E-state index contributed by atoms with van der Waals surface area (Å²) in [7, 11) is 1.58. The molecule has 1 heterocycles. The van der Waals surface area contributed by atoms with E-state index in [0.29, 0.717) is 17.0 Å². The molecule has 0 saturated heterocycles. The van der Waals surface area contributed by atoms with E-state index in [9.17, 15) is 14.9 Å². The van der Waals surface area contributed by atoms with E-state index in [4.69, 9.17) is 4.74 Å². The predicted octanol–water partition coefficient (Wildman–Crippen LogP) is 3.91. The zero-order valence-electron chi connectivity index (χ0n) is 16.4. The summed E-state index contributed by atoms with van der Waals surface area (Å²) in [6, 6.07) is 19.1. The van der Waals surface area contributed by atoms with Gasteiger partial charge in [-0.15, -0.1) is 0 Å². The van der Waals surface area contributed by atoms with Gasteiger partial charge in [-0.2, -0.15) is 10.2 Å². The molecule has 9 heteroatoms. The van der Waals surface area contributed by atoms with Crippen LogP contribution in [0.4, 0.5) is 5.69 Å². The lowest BCUT2D eigenvalue weighted by atomic mass is 10.0. The van der Waals surface area contributed by atoms with Crippen molar-refractivity contribution in [3.63, 3.8) is 0 Å². The van der Waals surface area contributed by atoms with E-state index in [1.54, 1.807) is 13.2 Å². The molecule has 0 radical (unpaired) electrons. The molecular formula is C22H17N5O4. The van der Waals surface area contributed by atoms with Gasteiger partial charge >= 0.3 is 0 Å². The van der Waals surface area contributed by atoms with Crippen molar-refractivity contribution in [3.05, 3.63) is 88.1 Å². The number of amides is 1. The molecule has 0 aliphatic carbocycles. The summed E-state index contributed by atoms with van der Waals surface area (Å²) >= 11 is 0. The third-order valence-corrected chi connectivity index (χ3v) is 4.67. The third kappa shape index (κ3) is 4.10. The van der Waals surface area contributed by atoms with E-state index in [1.165, 1.54) is 30.5 Å². The number of aromatic nitrogens is 2. The second kappa shape index (κ2) is 8.46. The van der Waals surface area contributed by atoms with Crippen LogP contribution in [0.25, 0.3) is 22.0 Å². The minimum absolute atomic E-state index is 0.0185. The number of methoxy groups -OCH3 is 1. The summed E-state index contributed by atoms with van der Waals surface area (Å²) in [5.41, 5.74) is 4.58. The van der Waals surface area contributed by atoms with E-state index >= 15 is 0 Å². The summed E-state index contributed by atoms with van der Waals surface area (Å²) in [4.78, 5) is 22.6. The van der Waals surface area contributed by atoms with Gasteiger partial charge in [0.25, 0.3) is 11.6 Å². The Morgan fingerprint density at radius 3 is 2.68 bits per heavy atom. The number of aromatic amines is 1. The fourth-order valence-corrected chi connectivity index (χ4v) is 3.16. The molecule has 1 aromatic heterocycles. The van der Waals surface area contributed by atoms with E-state index in [2.05, 4.69) is 20.7 Å². The molecule has 0 unspecified atom stereocenters. The maximum atomic E-state index is 12.4. The van der Waals surface area contributed by atoms with Gasteiger partial charge in [-0.05, 0) is 40.6 Å². The highest BCUT2D eigenvalue weighted by Crippen LogP contribution is 2.36. The van der Waals surface area contributed by atoms with E-state index in [-0.39, 0.29) is 11.4 Å². The standard InChI is InChI=1S/C22H17N5O4/c1-31-20-11-8-15-4-2-3-5-17(15)21(20)18-12-19(25-24-18)22(28)26-23-13-14-6-9-16(10-7-14)27(29)30/h2-13H,1H3,(H,24,25)(H,26,28)/b23-13+. The highest BCUT2D eigenvalue weighted by atomic mass is 16.6. The van der Waals surface area contributed by atoms with E-state index in [1.807, 2.05) is 36.4 Å². The van der Waals surface area contributed by atoms with Crippen molar-refractivity contribution in [2.45, 2.75) is 0 Å². The SMILES string of the molecule is COc1ccc2ccccc2c1-c1cc(C(=O)N/N=C/c2ccc([N+](=O)[O-])cc2)[nH]n1. The van der Waals surface area contributed by atoms with Gasteiger partial charge in [0, 0.05) is 12.1 Å². The molecule has 0 saturated carbocycles. The quantitative estimate of drug-likeness (QED) is 0.281. The first-order chi connectivity index (χ1) is 15.1. The van der Waals surface area contributed by atoms with Crippen molar-refractivity contribution in [2.24, 2.45) is 5.10 Å². The number of nitrogens with zero attached hydrogens (tertiary/aromatic N) is 3. The van der Waals surface area contributed by atoms with Crippen molar-refractivity contribution >= 4 is 28.6 Å². The number of hydrazone groups is 1. The number of rotatable bonds is 6. The molecule has 4 aromatic rings. The number of nitro benzene ring substituents is 1. The summed E-state index contributed by atoms with van der Waals surface area (Å²) in [5.74, 6) is 0.171. The Labute approximate surface area is 176 Å². The number of hydrogen-bond acceptors (Lipinski definition) is 6. The number of nitrogens with one attached hydrogen (secondary N) is 2. The Morgan fingerprint density at radius 2 is 1.94 bits per heavy atom. The Balaban J connectivity index is 1.53. The van der Waals surface area contributed by atoms with Crippen molar-refractivity contribution in [3.8, 4) is 17.0 Å². The maximum Gasteiger partial charge on any atom is 0.289 e. The first-order valence-electron chi connectivity index (χ1n) is 9.26. The van der Waals surface area contributed by atoms with Crippen LogP contribution in [0.2, 0.25) is 0 Å². The Hall–Kier alpha value is -4.53. The number of H-pyrrole nitrogens is 1. The Bertz CT molecular complexity index is 1300. The van der Waals surface area contributed by atoms with Gasteiger partial charge in [0.2, 0.25) is 0 Å². The largest absolute Gasteiger partial charge is 0.496 e. The second-order valence-corrected chi connectivity index (χ2v) is 6.58. The van der Waals surface area contributed by atoms with Crippen LogP contribution in [0.15, 0.2) is 71.8 Å². The number of carbonyl (C=O) groups is 1. The number of benzene rings is 3. The zero-order valence-corrected chi connectivity index (χ0v) is 16.4. The number of carbonyl (C=O) groups excluding carboxylic acids is 1. The average Bonchev–Trinajstić information content (AvgIpc) is 3.28. The first kappa shape index (κ1) is 19.8. The molecule has 0 aliphatic heterocycles. The molecule has 9 nitrogen and oxygen atoms in total. The van der Waals surface area contributed by atoms with Crippen molar-refractivity contribution in [1.29, 1.82) is 0 Å². The summed E-state index contributed by atoms with van der Waals surface area (Å²) < 4.78 is 5.49. The molecule has 4 rings (SSSR count). The predicted molar refractivity (Wildman–Crippen MR) is 116 cm³/mol. The average molecular weight is 415 g/mol. The molecule has 2 N–H and O–H groups in total. The van der Waals surface area contributed by atoms with Crippen molar-refractivity contribution < 1.29 is 14.5 Å². The highest BCUT2D eigenvalue weighted by molar-refractivity contribution is 6.00. The molecule has 154 valence electrons. The zero-order chi connectivity index (χ0) is 21.8. The first-order valence-corrected chi connectivity index (χ1v) is 9.26. The molecule has 1 amide bonds. The topological polar surface area (TPSA) is 123 Å². The second-order valence-electron chi connectivity index (χ2n) is 6.58. The van der Waals surface area contributed by atoms with Gasteiger partial charge in [-0.1, -0.05) is 30.3 Å². The van der Waals surface area contributed by atoms with Crippen molar-refractivity contribution in [2.75, 3.05) is 7.11 Å². The molecule has 0 spiro atoms. The Kier molecular flexibility index (Phi) is 5.39. The number of non-ortho nitro benzene ring substituents is 1. The van der Waals surface area contributed by atoms with Crippen molar-refractivity contribution in [1.82, 2.24) is 15.6 Å². The molecule has 0 atom stereocenters. The number of nitro groups is 1. The van der Waals surface area contributed by atoms with Crippen LogP contribution in [0.5, 0.6) is 5.75 Å². The summed E-state index contributed by atoms with van der Waals surface area (Å²) in [6.45, 7) is 0. The van der Waals surface area contributed by atoms with Crippen LogP contribution in [0.3, 0.4) is 0 Å². The van der Waals surface area contributed by atoms with Gasteiger partial charge in [-0.25, -0.2) is 5.43 Å². The normalized spacial score (nSPS) is 11.0. The van der Waals surface area contributed by atoms with Gasteiger partial charge < -0.3 is 4.74 Å². The van der Waals surface area contributed by atoms with E-state index in [0.717, 1.165) is 16.3 Å². The fourth-order valence-electron chi connectivity index (χ4n) is 3.16. The minimum Gasteiger partial charge on any atom is -0.496 e. The monoisotopic (exact) mass is 415 g/mol. The van der Waals surface area contributed by atoms with Gasteiger partial charge in [0.1, 0.15) is 11.4 Å². The van der Waals surface area contributed by atoms with Crippen LogP contribution in [-0.4, -0.2) is 34.4 Å².